The van der Waals surface area contributed by atoms with Gasteiger partial charge in [0.15, 0.2) is 11.6 Å². The van der Waals surface area contributed by atoms with Crippen molar-refractivity contribution in [3.05, 3.63) is 59.1 Å². The zero-order chi connectivity index (χ0) is 18.6. The number of aromatic hydroxyl groups is 1. The summed E-state index contributed by atoms with van der Waals surface area (Å²) in [6.07, 6.45) is 1.58. The Bertz CT molecular complexity index is 1110. The average molecular weight is 382 g/mol. The second kappa shape index (κ2) is 7.26. The maximum absolute atomic E-state index is 9.32. The highest BCUT2D eigenvalue weighted by atomic mass is 35.5. The molecule has 0 saturated carbocycles. The van der Waals surface area contributed by atoms with E-state index in [0.29, 0.717) is 16.7 Å². The molecule has 2 aromatic heterocycles. The molecule has 0 amide bonds. The fourth-order valence-electron chi connectivity index (χ4n) is 2.23. The molecule has 27 heavy (non-hydrogen) atoms. The topological polar surface area (TPSA) is 121 Å². The maximum Gasteiger partial charge on any atom is 0.245 e. The van der Waals surface area contributed by atoms with Crippen molar-refractivity contribution >= 4 is 46.4 Å². The number of phenols is 1. The van der Waals surface area contributed by atoms with Crippen molar-refractivity contribution in [2.75, 3.05) is 10.7 Å². The number of halogens is 1. The lowest BCUT2D eigenvalue weighted by Crippen LogP contribution is -2.03. The number of aromatic nitrogens is 4. The monoisotopic (exact) mass is 381 g/mol. The minimum atomic E-state index is 0.183. The Hall–Kier alpha value is -3.72. The van der Waals surface area contributed by atoms with E-state index in [0.717, 1.165) is 11.3 Å². The first kappa shape index (κ1) is 16.7. The fourth-order valence-corrected chi connectivity index (χ4v) is 2.42. The van der Waals surface area contributed by atoms with E-state index in [2.05, 4.69) is 40.8 Å². The van der Waals surface area contributed by atoms with Crippen molar-refractivity contribution in [1.29, 1.82) is 0 Å². The number of hydrogen-bond acceptors (Lipinski definition) is 9. The van der Waals surface area contributed by atoms with Crippen LogP contribution in [0.4, 0.5) is 17.3 Å². The Balaban J connectivity index is 1.62. The molecule has 0 saturated heterocycles. The van der Waals surface area contributed by atoms with Crippen molar-refractivity contribution in [3.8, 4) is 5.75 Å². The second-order valence-corrected chi connectivity index (χ2v) is 5.87. The minimum Gasteiger partial charge on any atom is -0.508 e. The van der Waals surface area contributed by atoms with E-state index in [1.54, 1.807) is 42.6 Å². The van der Waals surface area contributed by atoms with Gasteiger partial charge in [-0.15, -0.1) is 0 Å². The third kappa shape index (κ3) is 3.93. The molecule has 0 spiro atoms. The number of nitrogens with zero attached hydrogens (tertiary/aromatic N) is 5. The Labute approximate surface area is 157 Å². The normalized spacial score (nSPS) is 11.1. The van der Waals surface area contributed by atoms with E-state index in [4.69, 9.17) is 11.6 Å². The summed E-state index contributed by atoms with van der Waals surface area (Å²) in [6.45, 7) is 0. The van der Waals surface area contributed by atoms with E-state index in [9.17, 15) is 5.11 Å². The van der Waals surface area contributed by atoms with Crippen LogP contribution in [0, 0.1) is 0 Å². The summed E-state index contributed by atoms with van der Waals surface area (Å²) in [5.41, 5.74) is 4.84. The predicted octanol–water partition coefficient (Wildman–Crippen LogP) is 3.56. The number of nitrogens with one attached hydrogen (secondary N) is 2. The first-order chi connectivity index (χ1) is 13.2. The summed E-state index contributed by atoms with van der Waals surface area (Å²) in [7, 11) is 0. The van der Waals surface area contributed by atoms with Crippen LogP contribution in [0.3, 0.4) is 0 Å². The van der Waals surface area contributed by atoms with Crippen LogP contribution in [0.25, 0.3) is 11.3 Å². The molecule has 2 heterocycles. The number of hydrogen-bond donors (Lipinski definition) is 3. The van der Waals surface area contributed by atoms with Crippen LogP contribution in [-0.2, 0) is 0 Å². The lowest BCUT2D eigenvalue weighted by molar-refractivity contribution is 0.314. The van der Waals surface area contributed by atoms with Gasteiger partial charge >= 0.3 is 0 Å². The summed E-state index contributed by atoms with van der Waals surface area (Å²) in [6, 6.07) is 13.7. The number of hydrazone groups is 1. The van der Waals surface area contributed by atoms with Crippen LogP contribution in [-0.4, -0.2) is 31.6 Å². The molecule has 0 bridgehead atoms. The molecular formula is C17H12ClN7O2. The lowest BCUT2D eigenvalue weighted by Gasteiger charge is -2.09. The van der Waals surface area contributed by atoms with Crippen LogP contribution >= 0.6 is 11.6 Å². The Morgan fingerprint density at radius 2 is 1.74 bits per heavy atom. The van der Waals surface area contributed by atoms with Gasteiger partial charge in [-0.3, -0.25) is 5.43 Å². The van der Waals surface area contributed by atoms with Crippen LogP contribution in [0.2, 0.25) is 5.02 Å². The second-order valence-electron chi connectivity index (χ2n) is 5.43. The first-order valence-corrected chi connectivity index (χ1v) is 8.16. The Morgan fingerprint density at radius 1 is 1.00 bits per heavy atom. The van der Waals surface area contributed by atoms with Gasteiger partial charge in [0.25, 0.3) is 0 Å². The molecule has 0 aliphatic rings. The minimum absolute atomic E-state index is 0.183. The van der Waals surface area contributed by atoms with Gasteiger partial charge in [0, 0.05) is 10.7 Å². The average Bonchev–Trinajstić information content (AvgIpc) is 3.11. The van der Waals surface area contributed by atoms with Crippen molar-refractivity contribution in [3.63, 3.8) is 0 Å². The molecule has 134 valence electrons. The van der Waals surface area contributed by atoms with Crippen molar-refractivity contribution in [2.24, 2.45) is 5.10 Å². The van der Waals surface area contributed by atoms with Gasteiger partial charge in [0.2, 0.25) is 11.3 Å². The molecule has 0 fully saturated rings. The summed E-state index contributed by atoms with van der Waals surface area (Å²) >= 11 is 6.02. The number of benzene rings is 2. The Kier molecular flexibility index (Phi) is 4.50. The Morgan fingerprint density at radius 3 is 2.48 bits per heavy atom. The van der Waals surface area contributed by atoms with Crippen LogP contribution in [0.15, 0.2) is 58.3 Å². The third-order valence-electron chi connectivity index (χ3n) is 3.48. The van der Waals surface area contributed by atoms with Crippen LogP contribution in [0.5, 0.6) is 5.75 Å². The predicted molar refractivity (Wildman–Crippen MR) is 101 cm³/mol. The maximum atomic E-state index is 9.32. The summed E-state index contributed by atoms with van der Waals surface area (Å²) in [5.74, 6) is 0.888. The van der Waals surface area contributed by atoms with Gasteiger partial charge in [-0.1, -0.05) is 17.7 Å². The van der Waals surface area contributed by atoms with E-state index < -0.39 is 0 Å². The van der Waals surface area contributed by atoms with Gasteiger partial charge < -0.3 is 10.4 Å². The van der Waals surface area contributed by atoms with Crippen molar-refractivity contribution < 1.29 is 9.74 Å². The largest absolute Gasteiger partial charge is 0.508 e. The van der Waals surface area contributed by atoms with E-state index in [1.165, 1.54) is 0 Å². The van der Waals surface area contributed by atoms with Gasteiger partial charge in [0.05, 0.1) is 6.21 Å². The van der Waals surface area contributed by atoms with Gasteiger partial charge in [-0.2, -0.15) is 10.1 Å². The number of fused-ring (bicyclic) bond motifs is 1. The quantitative estimate of drug-likeness (QED) is 0.354. The highest BCUT2D eigenvalue weighted by molar-refractivity contribution is 6.30. The summed E-state index contributed by atoms with van der Waals surface area (Å²) in [5, 5.41) is 24.6. The van der Waals surface area contributed by atoms with Gasteiger partial charge in [-0.05, 0) is 58.3 Å². The molecule has 0 aliphatic carbocycles. The molecule has 0 radical (unpaired) electrons. The zero-order valence-corrected chi connectivity index (χ0v) is 14.4. The molecule has 3 N–H and O–H groups in total. The van der Waals surface area contributed by atoms with E-state index in [-0.39, 0.29) is 17.0 Å². The SMILES string of the molecule is Oc1ccc(C=NNc2nc3nonc3nc2Nc2cccc(Cl)c2)cc1. The zero-order valence-electron chi connectivity index (χ0n) is 13.7. The van der Waals surface area contributed by atoms with Crippen molar-refractivity contribution in [1.82, 2.24) is 20.3 Å². The molecule has 10 heteroatoms. The van der Waals surface area contributed by atoms with E-state index in [1.807, 2.05) is 12.1 Å². The molecule has 9 nitrogen and oxygen atoms in total. The molecule has 0 atom stereocenters. The molecule has 2 aromatic carbocycles. The number of anilines is 3. The highest BCUT2D eigenvalue weighted by Crippen LogP contribution is 2.25. The fraction of sp³-hybridized carbons (Fsp3) is 0. The summed E-state index contributed by atoms with van der Waals surface area (Å²) in [4.78, 5) is 8.65. The van der Waals surface area contributed by atoms with E-state index >= 15 is 0 Å². The first-order valence-electron chi connectivity index (χ1n) is 7.78. The standard InChI is InChI=1S/C17H12ClN7O2/c18-11-2-1-3-12(8-11)20-14-15(22-17-16(21-14)24-27-25-17)23-19-9-10-4-6-13(26)7-5-10/h1-9,26H,(H,20,21,24)(H,22,23,25). The molecule has 0 aliphatic heterocycles. The molecular weight excluding hydrogens is 370 g/mol. The lowest BCUT2D eigenvalue weighted by atomic mass is 10.2. The van der Waals surface area contributed by atoms with Gasteiger partial charge in [0.1, 0.15) is 5.75 Å². The number of rotatable bonds is 5. The molecule has 4 rings (SSSR count). The van der Waals surface area contributed by atoms with Crippen LogP contribution in [0.1, 0.15) is 5.56 Å². The van der Waals surface area contributed by atoms with Gasteiger partial charge in [-0.25, -0.2) is 9.61 Å². The van der Waals surface area contributed by atoms with Crippen LogP contribution < -0.4 is 10.7 Å². The summed E-state index contributed by atoms with van der Waals surface area (Å²) < 4.78 is 4.67. The third-order valence-corrected chi connectivity index (χ3v) is 3.71. The molecule has 4 aromatic rings. The molecule has 0 unspecified atom stereocenters. The van der Waals surface area contributed by atoms with Crippen molar-refractivity contribution in [2.45, 2.75) is 0 Å². The highest BCUT2D eigenvalue weighted by Gasteiger charge is 2.12. The number of phenolic OH excluding ortho intramolecular Hbond substituents is 1. The smallest absolute Gasteiger partial charge is 0.245 e.